The molecular formula is C18H16N2O2S4. The molecule has 0 heterocycles. The number of benzene rings is 2. The molecule has 2 rings (SSSR count). The Morgan fingerprint density at radius 3 is 1.38 bits per heavy atom. The molecular weight excluding hydrogens is 404 g/mol. The first-order valence-corrected chi connectivity index (χ1v) is 10.1. The van der Waals surface area contributed by atoms with Crippen LogP contribution in [0.2, 0.25) is 0 Å². The lowest BCUT2D eigenvalue weighted by atomic mass is 10.2. The van der Waals surface area contributed by atoms with Crippen LogP contribution in [0, 0.1) is 0 Å². The Morgan fingerprint density at radius 2 is 1.04 bits per heavy atom. The van der Waals surface area contributed by atoms with Gasteiger partial charge in [0.2, 0.25) is 10.2 Å². The van der Waals surface area contributed by atoms with Gasteiger partial charge in [-0.05, 0) is 23.5 Å². The third-order valence-corrected chi connectivity index (χ3v) is 5.34. The van der Waals surface area contributed by atoms with E-state index in [0.717, 1.165) is 23.5 Å². The van der Waals surface area contributed by atoms with Gasteiger partial charge >= 0.3 is 0 Å². The molecule has 0 saturated carbocycles. The van der Waals surface area contributed by atoms with Crippen LogP contribution >= 0.6 is 48.0 Å². The third kappa shape index (κ3) is 7.25. The summed E-state index contributed by atoms with van der Waals surface area (Å²) in [5.74, 6) is 0. The lowest BCUT2D eigenvalue weighted by Crippen LogP contribution is -2.32. The van der Waals surface area contributed by atoms with Crippen LogP contribution in [0.3, 0.4) is 0 Å². The highest BCUT2D eigenvalue weighted by molar-refractivity contribution is 8.33. The number of carbonyl (C=O) groups excluding carboxylic acids is 2. The number of carbonyl (C=O) groups is 2. The van der Waals surface area contributed by atoms with E-state index in [1.807, 2.05) is 36.4 Å². The zero-order valence-electron chi connectivity index (χ0n) is 13.6. The molecule has 0 aliphatic rings. The van der Waals surface area contributed by atoms with Crippen molar-refractivity contribution < 1.29 is 9.59 Å². The fourth-order valence-electron chi connectivity index (χ4n) is 1.84. The van der Waals surface area contributed by atoms with Crippen LogP contribution in [0.15, 0.2) is 60.7 Å². The second-order valence-electron chi connectivity index (χ2n) is 4.94. The molecule has 0 atom stereocenters. The summed E-state index contributed by atoms with van der Waals surface area (Å²) in [6, 6.07) is 17.9. The largest absolute Gasteiger partial charge is 0.369 e. The summed E-state index contributed by atoms with van der Waals surface area (Å²) in [7, 11) is 0. The van der Waals surface area contributed by atoms with Gasteiger partial charge in [-0.1, -0.05) is 85.1 Å². The molecule has 0 bridgehead atoms. The standard InChI is InChI=1S/C18H16N2O2S4/c21-15(13-7-3-1-4-8-13)25-17(23)19-11-12-20-18(24)26-16(22)14-9-5-2-6-10-14/h1-10H,11-12H2,(H,19,23)(H,20,24). The maximum absolute atomic E-state index is 12.0. The smallest absolute Gasteiger partial charge is 0.226 e. The molecule has 0 fully saturated rings. The Morgan fingerprint density at radius 1 is 0.692 bits per heavy atom. The molecule has 0 amide bonds. The number of hydrogen-bond donors (Lipinski definition) is 2. The van der Waals surface area contributed by atoms with Crippen molar-refractivity contribution in [3.8, 4) is 0 Å². The molecule has 0 unspecified atom stereocenters. The predicted molar refractivity (Wildman–Crippen MR) is 118 cm³/mol. The van der Waals surface area contributed by atoms with Gasteiger partial charge in [0.25, 0.3) is 0 Å². The van der Waals surface area contributed by atoms with Crippen LogP contribution in [-0.2, 0) is 0 Å². The van der Waals surface area contributed by atoms with Crippen molar-refractivity contribution >= 4 is 66.8 Å². The average Bonchev–Trinajstić information content (AvgIpc) is 2.66. The van der Waals surface area contributed by atoms with E-state index in [9.17, 15) is 9.59 Å². The van der Waals surface area contributed by atoms with Crippen molar-refractivity contribution in [1.82, 2.24) is 10.6 Å². The summed E-state index contributed by atoms with van der Waals surface area (Å²) < 4.78 is 0.805. The summed E-state index contributed by atoms with van der Waals surface area (Å²) in [4.78, 5) is 24.0. The summed E-state index contributed by atoms with van der Waals surface area (Å²) in [6.45, 7) is 0.988. The zero-order valence-corrected chi connectivity index (χ0v) is 16.9. The molecule has 134 valence electrons. The Bertz CT molecular complexity index is 715. The predicted octanol–water partition coefficient (Wildman–Crippen LogP) is 3.88. The molecule has 4 nitrogen and oxygen atoms in total. The molecule has 8 heteroatoms. The van der Waals surface area contributed by atoms with Crippen LogP contribution in [0.4, 0.5) is 0 Å². The lowest BCUT2D eigenvalue weighted by Gasteiger charge is -2.09. The molecule has 0 spiro atoms. The molecule has 2 aromatic carbocycles. The van der Waals surface area contributed by atoms with Crippen molar-refractivity contribution in [2.24, 2.45) is 0 Å². The zero-order chi connectivity index (χ0) is 18.8. The molecule has 0 aliphatic carbocycles. The fourth-order valence-corrected chi connectivity index (χ4v) is 3.69. The molecule has 0 saturated heterocycles. The second-order valence-corrected chi connectivity index (χ2v) is 8.24. The van der Waals surface area contributed by atoms with Crippen molar-refractivity contribution in [2.75, 3.05) is 13.1 Å². The quantitative estimate of drug-likeness (QED) is 0.558. The molecule has 0 aromatic heterocycles. The van der Waals surface area contributed by atoms with E-state index < -0.39 is 0 Å². The SMILES string of the molecule is O=C(SC(=S)NCCNC(=S)SC(=O)c1ccccc1)c1ccccc1. The topological polar surface area (TPSA) is 58.2 Å². The third-order valence-electron chi connectivity index (χ3n) is 3.05. The maximum Gasteiger partial charge on any atom is 0.226 e. The number of thiocarbonyl (C=S) groups is 2. The summed E-state index contributed by atoms with van der Waals surface area (Å²) >= 11 is 12.3. The minimum atomic E-state index is -0.101. The highest BCUT2D eigenvalue weighted by atomic mass is 32.2. The Balaban J connectivity index is 1.63. The van der Waals surface area contributed by atoms with Crippen LogP contribution in [0.25, 0.3) is 0 Å². The van der Waals surface area contributed by atoms with Gasteiger partial charge in [0.1, 0.15) is 8.64 Å². The molecule has 26 heavy (non-hydrogen) atoms. The van der Waals surface area contributed by atoms with E-state index >= 15 is 0 Å². The molecule has 2 N–H and O–H groups in total. The first kappa shape index (κ1) is 20.6. The van der Waals surface area contributed by atoms with Gasteiger partial charge in [-0.3, -0.25) is 9.59 Å². The Hall–Kier alpha value is -1.74. The summed E-state index contributed by atoms with van der Waals surface area (Å²) in [5.41, 5.74) is 1.22. The first-order chi connectivity index (χ1) is 12.6. The van der Waals surface area contributed by atoms with Gasteiger partial charge in [0.05, 0.1) is 0 Å². The number of nitrogens with one attached hydrogen (secondary N) is 2. The van der Waals surface area contributed by atoms with Crippen molar-refractivity contribution in [1.29, 1.82) is 0 Å². The van der Waals surface area contributed by atoms with Crippen LogP contribution < -0.4 is 10.6 Å². The van der Waals surface area contributed by atoms with Crippen molar-refractivity contribution in [3.63, 3.8) is 0 Å². The molecule has 0 aliphatic heterocycles. The van der Waals surface area contributed by atoms with Crippen LogP contribution in [-0.4, -0.2) is 32.0 Å². The maximum atomic E-state index is 12.0. The lowest BCUT2D eigenvalue weighted by molar-refractivity contribution is 0.108. The first-order valence-electron chi connectivity index (χ1n) is 7.66. The summed E-state index contributed by atoms with van der Waals surface area (Å²) in [6.07, 6.45) is 0. The average molecular weight is 421 g/mol. The monoisotopic (exact) mass is 420 g/mol. The van der Waals surface area contributed by atoms with Crippen LogP contribution in [0.1, 0.15) is 20.7 Å². The van der Waals surface area contributed by atoms with Crippen LogP contribution in [0.5, 0.6) is 0 Å². The fraction of sp³-hybridized carbons (Fsp3) is 0.111. The van der Waals surface area contributed by atoms with E-state index in [1.54, 1.807) is 24.3 Å². The van der Waals surface area contributed by atoms with Gasteiger partial charge in [-0.15, -0.1) is 0 Å². The Labute approximate surface area is 171 Å². The molecule has 0 radical (unpaired) electrons. The minimum absolute atomic E-state index is 0.101. The number of rotatable bonds is 5. The van der Waals surface area contributed by atoms with Gasteiger partial charge in [-0.25, -0.2) is 0 Å². The van der Waals surface area contributed by atoms with E-state index in [1.165, 1.54) is 0 Å². The minimum Gasteiger partial charge on any atom is -0.369 e. The summed E-state index contributed by atoms with van der Waals surface area (Å²) in [5, 5.41) is 5.76. The van der Waals surface area contributed by atoms with Crippen molar-refractivity contribution in [2.45, 2.75) is 0 Å². The van der Waals surface area contributed by atoms with Gasteiger partial charge in [0.15, 0.2) is 0 Å². The van der Waals surface area contributed by atoms with Crippen molar-refractivity contribution in [3.05, 3.63) is 71.8 Å². The highest BCUT2D eigenvalue weighted by Gasteiger charge is 2.10. The van der Waals surface area contributed by atoms with Gasteiger partial charge < -0.3 is 10.6 Å². The van der Waals surface area contributed by atoms with E-state index in [4.69, 9.17) is 24.4 Å². The number of thioether (sulfide) groups is 2. The molecule has 2 aromatic rings. The van der Waals surface area contributed by atoms with Gasteiger partial charge in [-0.2, -0.15) is 0 Å². The van der Waals surface area contributed by atoms with E-state index in [0.29, 0.717) is 32.9 Å². The second kappa shape index (κ2) is 11.1. The number of hydrogen-bond acceptors (Lipinski definition) is 6. The van der Waals surface area contributed by atoms with E-state index in [2.05, 4.69) is 10.6 Å². The highest BCUT2D eigenvalue weighted by Crippen LogP contribution is 2.14. The Kier molecular flexibility index (Phi) is 8.76. The van der Waals surface area contributed by atoms with E-state index in [-0.39, 0.29) is 10.2 Å². The van der Waals surface area contributed by atoms with Gasteiger partial charge in [0, 0.05) is 24.2 Å². The normalized spacial score (nSPS) is 10.0.